The molecule has 20 heavy (non-hydrogen) atoms. The van der Waals surface area contributed by atoms with Gasteiger partial charge in [0.25, 0.3) is 0 Å². The molecule has 0 saturated carbocycles. The predicted molar refractivity (Wildman–Crippen MR) is 85.4 cm³/mol. The van der Waals surface area contributed by atoms with Gasteiger partial charge in [-0.1, -0.05) is 13.0 Å². The van der Waals surface area contributed by atoms with Crippen molar-refractivity contribution in [1.29, 1.82) is 0 Å². The molecule has 1 heterocycles. The van der Waals surface area contributed by atoms with Crippen molar-refractivity contribution in [2.75, 3.05) is 19.5 Å². The van der Waals surface area contributed by atoms with Gasteiger partial charge in [0.1, 0.15) is 11.6 Å². The Morgan fingerprint density at radius 1 is 1.30 bits per heavy atom. The number of nitrogens with zero attached hydrogens (tertiary/aromatic N) is 2. The van der Waals surface area contributed by atoms with Gasteiger partial charge in [-0.05, 0) is 47.0 Å². The first kappa shape index (κ1) is 14.8. The highest BCUT2D eigenvalue weighted by Crippen LogP contribution is 2.32. The van der Waals surface area contributed by atoms with Crippen LogP contribution in [0.25, 0.3) is 11.4 Å². The zero-order valence-electron chi connectivity index (χ0n) is 12.1. The van der Waals surface area contributed by atoms with Crippen molar-refractivity contribution >= 4 is 21.7 Å². The van der Waals surface area contributed by atoms with Gasteiger partial charge in [-0.2, -0.15) is 0 Å². The molecule has 4 nitrogen and oxygen atoms in total. The Bertz CT molecular complexity index is 604. The average molecular weight is 336 g/mol. The van der Waals surface area contributed by atoms with Crippen LogP contribution in [0, 0.1) is 6.92 Å². The Balaban J connectivity index is 2.63. The van der Waals surface area contributed by atoms with Gasteiger partial charge in [0, 0.05) is 7.05 Å². The zero-order valence-corrected chi connectivity index (χ0v) is 13.7. The summed E-state index contributed by atoms with van der Waals surface area (Å²) in [6.45, 7) is 4.11. The van der Waals surface area contributed by atoms with E-state index in [0.29, 0.717) is 5.82 Å². The summed E-state index contributed by atoms with van der Waals surface area (Å²) in [5.74, 6) is 2.25. The van der Waals surface area contributed by atoms with Crippen LogP contribution in [0.2, 0.25) is 0 Å². The Morgan fingerprint density at radius 3 is 2.65 bits per heavy atom. The van der Waals surface area contributed by atoms with Gasteiger partial charge in [0.05, 0.1) is 22.8 Å². The Hall–Kier alpha value is -1.62. The van der Waals surface area contributed by atoms with Crippen LogP contribution in [-0.4, -0.2) is 24.1 Å². The number of aryl methyl sites for hydroxylation is 2. The highest BCUT2D eigenvalue weighted by molar-refractivity contribution is 9.10. The van der Waals surface area contributed by atoms with E-state index in [-0.39, 0.29) is 0 Å². The molecule has 1 aromatic heterocycles. The summed E-state index contributed by atoms with van der Waals surface area (Å²) < 4.78 is 6.36. The molecule has 2 rings (SSSR count). The lowest BCUT2D eigenvalue weighted by atomic mass is 10.1. The number of hydrogen-bond acceptors (Lipinski definition) is 4. The van der Waals surface area contributed by atoms with Crippen LogP contribution in [0.5, 0.6) is 5.75 Å². The summed E-state index contributed by atoms with van der Waals surface area (Å²) in [6.07, 6.45) is 0.832. The molecule has 0 atom stereocenters. The summed E-state index contributed by atoms with van der Waals surface area (Å²) in [4.78, 5) is 9.19. The van der Waals surface area contributed by atoms with Crippen molar-refractivity contribution in [3.8, 4) is 17.1 Å². The minimum atomic E-state index is 0.672. The molecule has 0 amide bonds. The topological polar surface area (TPSA) is 47.0 Å². The Morgan fingerprint density at radius 2 is 2.05 bits per heavy atom. The van der Waals surface area contributed by atoms with Crippen LogP contribution in [0.15, 0.2) is 22.7 Å². The first-order chi connectivity index (χ1) is 9.60. The molecule has 0 fully saturated rings. The molecule has 5 heteroatoms. The van der Waals surface area contributed by atoms with Crippen LogP contribution >= 0.6 is 15.9 Å². The predicted octanol–water partition coefficient (Wildman–Crippen LogP) is 3.83. The van der Waals surface area contributed by atoms with Crippen molar-refractivity contribution in [1.82, 2.24) is 9.97 Å². The molecule has 0 aliphatic rings. The molecule has 1 N–H and O–H groups in total. The van der Waals surface area contributed by atoms with E-state index in [1.165, 1.54) is 0 Å². The number of anilines is 1. The zero-order chi connectivity index (χ0) is 14.7. The maximum Gasteiger partial charge on any atom is 0.165 e. The third kappa shape index (κ3) is 2.77. The van der Waals surface area contributed by atoms with Crippen molar-refractivity contribution in [2.24, 2.45) is 0 Å². The van der Waals surface area contributed by atoms with E-state index in [0.717, 1.165) is 39.3 Å². The first-order valence-electron chi connectivity index (χ1n) is 6.49. The molecule has 1 aromatic carbocycles. The number of nitrogens with one attached hydrogen (secondary N) is 1. The van der Waals surface area contributed by atoms with Gasteiger partial charge in [-0.15, -0.1) is 0 Å². The fourth-order valence-corrected chi connectivity index (χ4v) is 2.65. The van der Waals surface area contributed by atoms with Crippen LogP contribution in [-0.2, 0) is 6.42 Å². The molecule has 0 aliphatic heterocycles. The van der Waals surface area contributed by atoms with Gasteiger partial charge < -0.3 is 10.1 Å². The van der Waals surface area contributed by atoms with E-state index < -0.39 is 0 Å². The SMILES string of the molecule is CCc1nc(-c2ccc(C)cc2OC)nc(NC)c1Br. The summed E-state index contributed by atoms with van der Waals surface area (Å²) >= 11 is 3.54. The normalized spacial score (nSPS) is 10.4. The van der Waals surface area contributed by atoms with Crippen molar-refractivity contribution < 1.29 is 4.74 Å². The highest BCUT2D eigenvalue weighted by atomic mass is 79.9. The molecular weight excluding hydrogens is 318 g/mol. The molecule has 0 bridgehead atoms. The van der Waals surface area contributed by atoms with Crippen molar-refractivity contribution in [2.45, 2.75) is 20.3 Å². The minimum absolute atomic E-state index is 0.672. The van der Waals surface area contributed by atoms with E-state index in [2.05, 4.69) is 38.1 Å². The molecule has 2 aromatic rings. The monoisotopic (exact) mass is 335 g/mol. The van der Waals surface area contributed by atoms with E-state index in [1.807, 2.05) is 32.2 Å². The van der Waals surface area contributed by atoms with E-state index >= 15 is 0 Å². The number of hydrogen-bond donors (Lipinski definition) is 1. The van der Waals surface area contributed by atoms with E-state index in [9.17, 15) is 0 Å². The van der Waals surface area contributed by atoms with Gasteiger partial charge in [0.2, 0.25) is 0 Å². The van der Waals surface area contributed by atoms with Crippen LogP contribution < -0.4 is 10.1 Å². The van der Waals surface area contributed by atoms with Gasteiger partial charge in [-0.25, -0.2) is 9.97 Å². The number of aromatic nitrogens is 2. The van der Waals surface area contributed by atoms with Crippen LogP contribution in [0.1, 0.15) is 18.2 Å². The fraction of sp³-hybridized carbons (Fsp3) is 0.333. The third-order valence-electron chi connectivity index (χ3n) is 3.09. The molecule has 0 saturated heterocycles. The van der Waals surface area contributed by atoms with Gasteiger partial charge in [0.15, 0.2) is 5.82 Å². The second kappa shape index (κ2) is 6.22. The number of halogens is 1. The maximum atomic E-state index is 5.45. The number of ether oxygens (including phenoxy) is 1. The Labute approximate surface area is 127 Å². The largest absolute Gasteiger partial charge is 0.496 e. The minimum Gasteiger partial charge on any atom is -0.496 e. The van der Waals surface area contributed by atoms with E-state index in [1.54, 1.807) is 7.11 Å². The van der Waals surface area contributed by atoms with Crippen LogP contribution in [0.4, 0.5) is 5.82 Å². The van der Waals surface area contributed by atoms with E-state index in [4.69, 9.17) is 4.74 Å². The van der Waals surface area contributed by atoms with Gasteiger partial charge in [-0.3, -0.25) is 0 Å². The van der Waals surface area contributed by atoms with Crippen molar-refractivity contribution in [3.63, 3.8) is 0 Å². The lowest BCUT2D eigenvalue weighted by Gasteiger charge is -2.12. The first-order valence-corrected chi connectivity index (χ1v) is 7.29. The molecule has 0 aliphatic carbocycles. The lowest BCUT2D eigenvalue weighted by Crippen LogP contribution is -2.03. The summed E-state index contributed by atoms with van der Waals surface area (Å²) in [5, 5.41) is 3.09. The Kier molecular flexibility index (Phi) is 4.60. The average Bonchev–Trinajstić information content (AvgIpc) is 2.47. The number of benzene rings is 1. The fourth-order valence-electron chi connectivity index (χ4n) is 2.00. The second-order valence-corrected chi connectivity index (χ2v) is 5.26. The molecular formula is C15H18BrN3O. The molecule has 0 radical (unpaired) electrons. The number of rotatable bonds is 4. The van der Waals surface area contributed by atoms with Crippen molar-refractivity contribution in [3.05, 3.63) is 33.9 Å². The molecule has 106 valence electrons. The summed E-state index contributed by atoms with van der Waals surface area (Å²) in [5.41, 5.74) is 3.02. The standard InChI is InChI=1S/C15H18BrN3O/c1-5-11-13(16)15(17-3)19-14(18-11)10-7-6-9(2)8-12(10)20-4/h6-8H,5H2,1-4H3,(H,17,18,19). The lowest BCUT2D eigenvalue weighted by molar-refractivity contribution is 0.416. The second-order valence-electron chi connectivity index (χ2n) is 4.46. The maximum absolute atomic E-state index is 5.45. The highest BCUT2D eigenvalue weighted by Gasteiger charge is 2.14. The smallest absolute Gasteiger partial charge is 0.165 e. The number of methoxy groups -OCH3 is 1. The van der Waals surface area contributed by atoms with Gasteiger partial charge >= 0.3 is 0 Å². The van der Waals surface area contributed by atoms with Crippen LogP contribution in [0.3, 0.4) is 0 Å². The molecule has 0 spiro atoms. The quantitative estimate of drug-likeness (QED) is 0.922. The summed E-state index contributed by atoms with van der Waals surface area (Å²) in [6, 6.07) is 6.02. The third-order valence-corrected chi connectivity index (χ3v) is 3.92. The summed E-state index contributed by atoms with van der Waals surface area (Å²) in [7, 11) is 3.51. The molecule has 0 unspecified atom stereocenters.